The van der Waals surface area contributed by atoms with E-state index in [1.807, 2.05) is 0 Å². The zero-order valence-electron chi connectivity index (χ0n) is 51.9. The van der Waals surface area contributed by atoms with Crippen LogP contribution in [0.4, 0.5) is 4.79 Å². The Hall–Kier alpha value is -12.0. The maximum atomic E-state index is 16.1. The van der Waals surface area contributed by atoms with Crippen molar-refractivity contribution in [3.8, 4) is 80.1 Å². The number of carbonyl (C=O) groups is 8. The van der Waals surface area contributed by atoms with Gasteiger partial charge in [-0.2, -0.15) is 0 Å². The zero-order chi connectivity index (χ0) is 70.4. The molecular weight excluding hydrogens is 1350 g/mol. The minimum Gasteiger partial charge on any atom is -0.508 e. The summed E-state index contributed by atoms with van der Waals surface area (Å²) in [5.41, 5.74) is -1.16. The Morgan fingerprint density at radius 1 is 0.560 bits per heavy atom. The maximum absolute atomic E-state index is 16.1. The molecule has 28 nitrogen and oxygen atoms in total. The first-order valence-electron chi connectivity index (χ1n) is 30.7. The molecule has 7 amide bonds. The molecule has 7 aliphatic rings. The summed E-state index contributed by atoms with van der Waals surface area (Å²) in [7, 11) is 0.971. The fourth-order valence-electron chi connectivity index (χ4n) is 11.8. The van der Waals surface area contributed by atoms with Gasteiger partial charge in [0.25, 0.3) is 0 Å². The number of esters is 1. The average Bonchev–Trinajstić information content (AvgIpc) is 1.11. The number of amides is 7. The normalized spacial score (nSPS) is 21.6. The van der Waals surface area contributed by atoms with Crippen LogP contribution in [0.1, 0.15) is 80.8 Å². The summed E-state index contributed by atoms with van der Waals surface area (Å²) in [5, 5.41) is 87.1. The number of ether oxygens (including phenoxy) is 7. The third-order valence-electron chi connectivity index (χ3n) is 16.9. The van der Waals surface area contributed by atoms with E-state index in [4.69, 9.17) is 56.4 Å². The van der Waals surface area contributed by atoms with Gasteiger partial charge in [-0.15, -0.1) is 0 Å². The van der Waals surface area contributed by atoms with E-state index in [2.05, 4.69) is 37.2 Å². The standard InChI is InChI=1S/C70H57Cl2N7O21/c1-94-69(92)59-42-25-38(81)26-48(84)54(42)41-19-32(8-11-46(41)82)55-65(88)78-60(68(91)77-59)61(85)34-10-14-50(44(72)20-34)100-53-23-36-22-52(62(53)96-29-40-28-95-40)99-49-13-7-31(15-43(49)71)16-45-63(86)74-57(66(89)76-58(36)67(90)75-55)35-17-37(80)24-39(18-35)98-51-21-33(9-12-47(51)83)56(64(87)73-45)79-70(93)97-27-30-5-3-2-4-6-30/h2-15,17-26,40,45,55-61,80-85H,16,27-29H2,1H3,(H,73,87)(H,74,86)(H,75,90)(H,76,89)(H,77,91)(H,78,88)(H,79,93)/t40-,45-,55-,56+,57+,58-,59-,60+,61-/m1/s1. The summed E-state index contributed by atoms with van der Waals surface area (Å²) in [5.74, 6) is -13.2. The van der Waals surface area contributed by atoms with Gasteiger partial charge in [0, 0.05) is 35.2 Å². The van der Waals surface area contributed by atoms with Crippen LogP contribution in [0.3, 0.4) is 0 Å². The minimum atomic E-state index is -2.17. The van der Waals surface area contributed by atoms with Crippen LogP contribution in [0.15, 0.2) is 146 Å². The molecule has 1 saturated heterocycles. The number of aromatic hydroxyl groups is 5. The molecule has 0 radical (unpaired) electrons. The van der Waals surface area contributed by atoms with E-state index < -0.39 is 143 Å². The van der Waals surface area contributed by atoms with Crippen molar-refractivity contribution in [2.24, 2.45) is 0 Å². The van der Waals surface area contributed by atoms with Gasteiger partial charge in [-0.25, -0.2) is 9.59 Å². The lowest BCUT2D eigenvalue weighted by Crippen LogP contribution is -2.55. The summed E-state index contributed by atoms with van der Waals surface area (Å²) in [4.78, 5) is 120. The summed E-state index contributed by atoms with van der Waals surface area (Å²) in [6, 6.07) is 17.5. The highest BCUT2D eigenvalue weighted by molar-refractivity contribution is 6.32. The number of epoxide rings is 1. The molecule has 0 saturated carbocycles. The number of hydrogen-bond donors (Lipinski definition) is 13. The highest BCUT2D eigenvalue weighted by Gasteiger charge is 2.42. The van der Waals surface area contributed by atoms with Crippen LogP contribution in [0.25, 0.3) is 11.1 Å². The molecule has 0 aliphatic carbocycles. The van der Waals surface area contributed by atoms with E-state index >= 15 is 24.0 Å². The first-order chi connectivity index (χ1) is 48.0. The number of phenolic OH excluding ortho intramolecular Hbond substituents is 5. The number of fused-ring (bicyclic) bond motifs is 14. The van der Waals surface area contributed by atoms with Crippen LogP contribution in [0, 0.1) is 0 Å². The fourth-order valence-corrected chi connectivity index (χ4v) is 12.3. The predicted molar refractivity (Wildman–Crippen MR) is 348 cm³/mol. The number of carbonyl (C=O) groups excluding carboxylic acids is 8. The van der Waals surface area contributed by atoms with Crippen molar-refractivity contribution in [2.45, 2.75) is 67.5 Å². The number of benzene rings is 8. The second kappa shape index (κ2) is 27.5. The van der Waals surface area contributed by atoms with Crippen molar-refractivity contribution in [3.05, 3.63) is 200 Å². The van der Waals surface area contributed by atoms with Gasteiger partial charge >= 0.3 is 12.1 Å². The highest BCUT2D eigenvalue weighted by Crippen LogP contribution is 2.49. The topological polar surface area (TPSA) is 410 Å². The number of methoxy groups -OCH3 is 1. The largest absolute Gasteiger partial charge is 0.508 e. The number of nitrogens with one attached hydrogen (secondary N) is 7. The van der Waals surface area contributed by atoms with Gasteiger partial charge in [-0.3, -0.25) is 28.8 Å². The lowest BCUT2D eigenvalue weighted by atomic mass is 9.89. The number of alkyl carbamates (subject to hydrolysis) is 1. The molecule has 512 valence electrons. The van der Waals surface area contributed by atoms with Gasteiger partial charge < -0.3 is 101 Å². The van der Waals surface area contributed by atoms with Crippen LogP contribution in [-0.2, 0) is 60.8 Å². The van der Waals surface area contributed by atoms with Crippen LogP contribution in [0.5, 0.6) is 69.0 Å². The fraction of sp³-hybridized carbons (Fsp3) is 0.200. The molecule has 8 aromatic carbocycles. The van der Waals surface area contributed by atoms with Gasteiger partial charge in [0.1, 0.15) is 102 Å². The zero-order valence-corrected chi connectivity index (χ0v) is 53.5. The first-order valence-corrected chi connectivity index (χ1v) is 31.4. The van der Waals surface area contributed by atoms with Crippen LogP contribution < -0.4 is 56.2 Å². The second-order valence-corrected chi connectivity index (χ2v) is 24.5. The van der Waals surface area contributed by atoms with Crippen molar-refractivity contribution < 1.29 is 102 Å². The van der Waals surface area contributed by atoms with E-state index in [1.54, 1.807) is 30.3 Å². The quantitative estimate of drug-likeness (QED) is 0.0558. The molecule has 0 spiro atoms. The van der Waals surface area contributed by atoms with Gasteiger partial charge in [0.15, 0.2) is 29.0 Å². The van der Waals surface area contributed by atoms with Gasteiger partial charge in [0.05, 0.1) is 23.8 Å². The Morgan fingerprint density at radius 3 is 1.87 bits per heavy atom. The number of aliphatic hydroxyl groups is 1. The predicted octanol–water partition coefficient (Wildman–Crippen LogP) is 7.11. The molecule has 0 aromatic heterocycles. The Bertz CT molecular complexity index is 4690. The number of rotatable bonds is 7. The molecule has 100 heavy (non-hydrogen) atoms. The third-order valence-corrected chi connectivity index (χ3v) is 17.5. The van der Waals surface area contributed by atoms with Gasteiger partial charge in [0.2, 0.25) is 41.2 Å². The molecule has 8 aromatic rings. The number of halogens is 2. The summed E-state index contributed by atoms with van der Waals surface area (Å²) in [6.07, 6.45) is -4.04. The summed E-state index contributed by atoms with van der Waals surface area (Å²) in [6.45, 7) is -0.0722. The first kappa shape index (κ1) is 66.6. The average molecular weight is 1400 g/mol. The monoisotopic (exact) mass is 1400 g/mol. The molecule has 0 unspecified atom stereocenters. The number of hydrogen-bond acceptors (Lipinski definition) is 21. The SMILES string of the molecule is COC(=O)[C@@H]1NC(=O)[C@H]2NC(=O)[C@H](NC(=O)[C@@H]3NC(=O)[C@H]4NC(=O)[C@@H](Cc5ccc(c(Cl)c5)Oc5cc3cc(c5OC[C@H]3CO3)Oc3ccc(cc3Cl)[C@H]2O)NC(=O)[C@@H](NC(=O)OCc2ccccc2)c2ccc(O)c(c2)Oc2cc(O)cc4c2)c2ccc(O)c(c2)-c2c(O)cc(O)cc21. The molecule has 30 heteroatoms. The molecule has 17 bridgehead atoms. The Morgan fingerprint density at radius 2 is 1.18 bits per heavy atom. The molecule has 7 heterocycles. The second-order valence-electron chi connectivity index (χ2n) is 23.7. The molecule has 1 fully saturated rings. The van der Waals surface area contributed by atoms with E-state index in [1.165, 1.54) is 72.8 Å². The summed E-state index contributed by atoms with van der Waals surface area (Å²) >= 11 is 14.1. The van der Waals surface area contributed by atoms with Crippen molar-refractivity contribution >= 4 is 70.7 Å². The maximum Gasteiger partial charge on any atom is 0.408 e. The molecule has 9 atom stereocenters. The van der Waals surface area contributed by atoms with Crippen LogP contribution in [0.2, 0.25) is 10.0 Å². The Balaban J connectivity index is 1.00. The smallest absolute Gasteiger partial charge is 0.408 e. The van der Waals surface area contributed by atoms with Crippen molar-refractivity contribution in [2.75, 3.05) is 20.3 Å². The number of aliphatic hydroxyl groups excluding tert-OH is 1. The van der Waals surface area contributed by atoms with Gasteiger partial charge in [-0.05, 0) is 118 Å². The van der Waals surface area contributed by atoms with E-state index in [-0.39, 0.29) is 115 Å². The molecular formula is C70H57Cl2N7O21. The van der Waals surface area contributed by atoms with Crippen molar-refractivity contribution in [3.63, 3.8) is 0 Å². The van der Waals surface area contributed by atoms with Crippen LogP contribution in [-0.4, -0.2) is 117 Å². The minimum absolute atomic E-state index is 0.00433. The lowest BCUT2D eigenvalue weighted by molar-refractivity contribution is -0.146. The number of phenols is 5. The van der Waals surface area contributed by atoms with E-state index in [0.29, 0.717) is 5.56 Å². The Kier molecular flexibility index (Phi) is 18.3. The van der Waals surface area contributed by atoms with Gasteiger partial charge in [-0.1, -0.05) is 77.8 Å². The molecule has 15 rings (SSSR count). The van der Waals surface area contributed by atoms with E-state index in [0.717, 1.165) is 49.6 Å². The van der Waals surface area contributed by atoms with Crippen molar-refractivity contribution in [1.29, 1.82) is 0 Å². The molecule has 13 N–H and O–H groups in total. The lowest BCUT2D eigenvalue weighted by Gasteiger charge is -2.31. The molecule has 7 aliphatic heterocycles. The highest BCUT2D eigenvalue weighted by atomic mass is 35.5. The summed E-state index contributed by atoms with van der Waals surface area (Å²) < 4.78 is 41.8. The van der Waals surface area contributed by atoms with Crippen LogP contribution >= 0.6 is 23.2 Å². The van der Waals surface area contributed by atoms with Crippen molar-refractivity contribution in [1.82, 2.24) is 37.2 Å². The Labute approximate surface area is 575 Å². The van der Waals surface area contributed by atoms with E-state index in [9.17, 15) is 45.0 Å². The third kappa shape index (κ3) is 14.0.